The van der Waals surface area contributed by atoms with Crippen LogP contribution in [0.3, 0.4) is 0 Å². The minimum Gasteiger partial charge on any atom is -0.322 e. The van der Waals surface area contributed by atoms with Crippen molar-refractivity contribution in [2.45, 2.75) is 6.18 Å². The fourth-order valence-corrected chi connectivity index (χ4v) is 2.60. The van der Waals surface area contributed by atoms with Gasteiger partial charge in [0.15, 0.2) is 0 Å². The van der Waals surface area contributed by atoms with E-state index >= 15 is 0 Å². The maximum absolute atomic E-state index is 14.0. The van der Waals surface area contributed by atoms with E-state index < -0.39 is 35.3 Å². The summed E-state index contributed by atoms with van der Waals surface area (Å²) in [5.41, 5.74) is -1.64. The third-order valence-corrected chi connectivity index (χ3v) is 4.04. The first-order chi connectivity index (χ1) is 14.6. The molecule has 0 aliphatic rings. The smallest absolute Gasteiger partial charge is 0.322 e. The fourth-order valence-electron chi connectivity index (χ4n) is 2.60. The molecule has 10 heteroatoms. The zero-order chi connectivity index (χ0) is 22.6. The van der Waals surface area contributed by atoms with Crippen molar-refractivity contribution in [3.05, 3.63) is 89.5 Å². The Morgan fingerprint density at radius 1 is 0.710 bits per heavy atom. The number of carbonyl (C=O) groups is 2. The average molecular weight is 435 g/mol. The predicted molar refractivity (Wildman–Crippen MR) is 105 cm³/mol. The second-order valence-corrected chi connectivity index (χ2v) is 6.29. The summed E-state index contributed by atoms with van der Waals surface area (Å²) in [6.45, 7) is 0. The zero-order valence-corrected chi connectivity index (χ0v) is 15.6. The lowest BCUT2D eigenvalue weighted by molar-refractivity contribution is -0.137. The van der Waals surface area contributed by atoms with Gasteiger partial charge in [-0.3, -0.25) is 4.79 Å². The van der Waals surface area contributed by atoms with Gasteiger partial charge in [-0.05, 0) is 48.5 Å². The maximum Gasteiger partial charge on any atom is 0.416 e. The van der Waals surface area contributed by atoms with Gasteiger partial charge in [-0.2, -0.15) is 13.2 Å². The molecule has 0 atom stereocenters. The molecule has 0 saturated carbocycles. The summed E-state index contributed by atoms with van der Waals surface area (Å²) >= 11 is 0. The second-order valence-electron chi connectivity index (χ2n) is 6.29. The van der Waals surface area contributed by atoms with Crippen molar-refractivity contribution in [2.75, 3.05) is 16.0 Å². The highest BCUT2D eigenvalue weighted by molar-refractivity contribution is 6.05. The Morgan fingerprint density at radius 3 is 2.13 bits per heavy atom. The molecule has 0 spiro atoms. The van der Waals surface area contributed by atoms with Crippen molar-refractivity contribution < 1.29 is 31.5 Å². The van der Waals surface area contributed by atoms with Crippen LogP contribution in [0.5, 0.6) is 0 Å². The van der Waals surface area contributed by atoms with E-state index in [0.29, 0.717) is 0 Å². The molecule has 0 unspecified atom stereocenters. The molecule has 5 nitrogen and oxygen atoms in total. The van der Waals surface area contributed by atoms with Gasteiger partial charge in [-0.25, -0.2) is 13.6 Å². The van der Waals surface area contributed by atoms with Crippen LogP contribution in [-0.4, -0.2) is 11.9 Å². The topological polar surface area (TPSA) is 70.2 Å². The van der Waals surface area contributed by atoms with Crippen LogP contribution in [-0.2, 0) is 6.18 Å². The Balaban J connectivity index is 1.71. The first-order valence-corrected chi connectivity index (χ1v) is 8.74. The highest BCUT2D eigenvalue weighted by atomic mass is 19.4. The first-order valence-electron chi connectivity index (χ1n) is 8.74. The van der Waals surface area contributed by atoms with Crippen molar-refractivity contribution in [3.63, 3.8) is 0 Å². The number of carbonyl (C=O) groups excluding carboxylic acids is 2. The van der Waals surface area contributed by atoms with Gasteiger partial charge in [0, 0.05) is 11.4 Å². The van der Waals surface area contributed by atoms with E-state index in [-0.39, 0.29) is 22.6 Å². The lowest BCUT2D eigenvalue weighted by Gasteiger charge is -2.12. The third kappa shape index (κ3) is 5.56. The zero-order valence-electron chi connectivity index (χ0n) is 15.6. The van der Waals surface area contributed by atoms with Crippen LogP contribution in [0.4, 0.5) is 43.8 Å². The fraction of sp³-hybridized carbons (Fsp3) is 0.0476. The summed E-state index contributed by atoms with van der Waals surface area (Å²) < 4.78 is 66.1. The number of amides is 3. The van der Waals surface area contributed by atoms with E-state index in [0.717, 1.165) is 36.4 Å². The summed E-state index contributed by atoms with van der Waals surface area (Å²) in [5.74, 6) is -2.40. The standard InChI is InChI=1S/C21H14F5N3O2/c22-16-7-2-1-6-15(16)19(30)27-14-8-9-17(23)18(11-14)29-20(31)28-13-5-3-4-12(10-13)21(24,25)26/h1-11H,(H,27,30)(H2,28,29,31). The van der Waals surface area contributed by atoms with E-state index in [1.165, 1.54) is 30.3 Å². The van der Waals surface area contributed by atoms with Crippen LogP contribution >= 0.6 is 0 Å². The molecular formula is C21H14F5N3O2. The molecule has 0 saturated heterocycles. The molecule has 3 rings (SSSR count). The van der Waals surface area contributed by atoms with Crippen LogP contribution < -0.4 is 16.0 Å². The van der Waals surface area contributed by atoms with Crippen LogP contribution in [0.25, 0.3) is 0 Å². The maximum atomic E-state index is 14.0. The normalized spacial score (nSPS) is 11.0. The molecule has 3 N–H and O–H groups in total. The van der Waals surface area contributed by atoms with Crippen LogP contribution in [0, 0.1) is 11.6 Å². The van der Waals surface area contributed by atoms with Crippen molar-refractivity contribution in [1.29, 1.82) is 0 Å². The Kier molecular flexibility index (Phi) is 6.19. The lowest BCUT2D eigenvalue weighted by Crippen LogP contribution is -2.21. The summed E-state index contributed by atoms with van der Waals surface area (Å²) in [6.07, 6.45) is -4.59. The van der Waals surface area contributed by atoms with Crippen molar-refractivity contribution in [3.8, 4) is 0 Å². The Bertz CT molecular complexity index is 1130. The summed E-state index contributed by atoms with van der Waals surface area (Å²) in [5, 5.41) is 6.69. The third-order valence-electron chi connectivity index (χ3n) is 4.04. The van der Waals surface area contributed by atoms with Crippen LogP contribution in [0.1, 0.15) is 15.9 Å². The first kappa shape index (κ1) is 21.8. The largest absolute Gasteiger partial charge is 0.416 e. The molecule has 3 aromatic rings. The average Bonchev–Trinajstić information content (AvgIpc) is 2.70. The Morgan fingerprint density at radius 2 is 1.42 bits per heavy atom. The molecular weight excluding hydrogens is 421 g/mol. The minimum atomic E-state index is -4.59. The molecule has 0 fully saturated rings. The minimum absolute atomic E-state index is 0.0593. The quantitative estimate of drug-likeness (QED) is 0.448. The molecule has 0 aliphatic heterocycles. The molecule has 0 bridgehead atoms. The van der Waals surface area contributed by atoms with Crippen molar-refractivity contribution in [1.82, 2.24) is 0 Å². The molecule has 3 aromatic carbocycles. The van der Waals surface area contributed by atoms with Gasteiger partial charge in [0.2, 0.25) is 0 Å². The van der Waals surface area contributed by atoms with E-state index in [2.05, 4.69) is 16.0 Å². The van der Waals surface area contributed by atoms with Gasteiger partial charge >= 0.3 is 12.2 Å². The summed E-state index contributed by atoms with van der Waals surface area (Å²) in [4.78, 5) is 24.3. The monoisotopic (exact) mass is 435 g/mol. The van der Waals surface area contributed by atoms with Crippen LogP contribution in [0.15, 0.2) is 66.7 Å². The van der Waals surface area contributed by atoms with E-state index in [1.54, 1.807) is 0 Å². The number of hydrogen-bond acceptors (Lipinski definition) is 2. The number of halogens is 5. The van der Waals surface area contributed by atoms with Gasteiger partial charge in [0.25, 0.3) is 5.91 Å². The van der Waals surface area contributed by atoms with Crippen molar-refractivity contribution >= 4 is 29.0 Å². The van der Waals surface area contributed by atoms with Gasteiger partial charge in [0.1, 0.15) is 11.6 Å². The number of anilines is 3. The molecule has 160 valence electrons. The van der Waals surface area contributed by atoms with Gasteiger partial charge in [-0.1, -0.05) is 18.2 Å². The summed E-state index contributed by atoms with van der Waals surface area (Å²) in [6, 6.07) is 11.4. The van der Waals surface area contributed by atoms with Gasteiger partial charge < -0.3 is 16.0 Å². The molecule has 31 heavy (non-hydrogen) atoms. The van der Waals surface area contributed by atoms with Crippen molar-refractivity contribution in [2.24, 2.45) is 0 Å². The number of hydrogen-bond donors (Lipinski definition) is 3. The predicted octanol–water partition coefficient (Wildman–Crippen LogP) is 5.88. The number of benzene rings is 3. The molecule has 0 aliphatic carbocycles. The van der Waals surface area contributed by atoms with Gasteiger partial charge in [0.05, 0.1) is 16.8 Å². The van der Waals surface area contributed by atoms with E-state index in [4.69, 9.17) is 0 Å². The molecule has 0 aromatic heterocycles. The summed E-state index contributed by atoms with van der Waals surface area (Å²) in [7, 11) is 0. The SMILES string of the molecule is O=C(Nc1cccc(C(F)(F)F)c1)Nc1cc(NC(=O)c2ccccc2F)ccc1F. The highest BCUT2D eigenvalue weighted by Crippen LogP contribution is 2.30. The van der Waals surface area contributed by atoms with E-state index in [1.807, 2.05) is 0 Å². The number of alkyl halides is 3. The number of urea groups is 1. The number of rotatable bonds is 4. The Hall–Kier alpha value is -3.95. The number of nitrogens with one attached hydrogen (secondary N) is 3. The second kappa shape index (κ2) is 8.82. The molecule has 0 heterocycles. The van der Waals surface area contributed by atoms with Gasteiger partial charge in [-0.15, -0.1) is 0 Å². The van der Waals surface area contributed by atoms with E-state index in [9.17, 15) is 31.5 Å². The lowest BCUT2D eigenvalue weighted by atomic mass is 10.2. The molecule has 0 radical (unpaired) electrons. The highest BCUT2D eigenvalue weighted by Gasteiger charge is 2.30. The van der Waals surface area contributed by atoms with Crippen LogP contribution in [0.2, 0.25) is 0 Å². The molecule has 3 amide bonds. The Labute approximate surface area is 172 Å².